The van der Waals surface area contributed by atoms with Crippen molar-refractivity contribution in [2.45, 2.75) is 32.4 Å². The molecule has 6 rings (SSSR count). The molecule has 1 aliphatic heterocycles. The molecule has 0 unspecified atom stereocenters. The van der Waals surface area contributed by atoms with E-state index in [0.29, 0.717) is 28.8 Å². The maximum absolute atomic E-state index is 15.4. The lowest BCUT2D eigenvalue weighted by molar-refractivity contribution is 0.0956. The number of aromatic nitrogens is 4. The summed E-state index contributed by atoms with van der Waals surface area (Å²) in [5.41, 5.74) is 2.81. The van der Waals surface area contributed by atoms with E-state index in [2.05, 4.69) is 56.6 Å². The first-order chi connectivity index (χ1) is 24.0. The molecule has 13 heteroatoms. The second kappa shape index (κ2) is 14.6. The summed E-state index contributed by atoms with van der Waals surface area (Å²) in [5, 5.41) is 6.11. The third kappa shape index (κ3) is 7.27. The van der Waals surface area contributed by atoms with E-state index in [1.54, 1.807) is 32.2 Å². The second-order valence-corrected chi connectivity index (χ2v) is 12.6. The van der Waals surface area contributed by atoms with E-state index >= 15 is 4.39 Å². The van der Waals surface area contributed by atoms with Crippen LogP contribution in [-0.4, -0.2) is 69.9 Å². The molecule has 1 saturated heterocycles. The van der Waals surface area contributed by atoms with Gasteiger partial charge in [-0.15, -0.1) is 0 Å². The molecule has 2 N–H and O–H groups in total. The maximum Gasteiger partial charge on any atom is 0.280 e. The molecule has 260 valence electrons. The summed E-state index contributed by atoms with van der Waals surface area (Å²) in [7, 11) is 5.89. The predicted octanol–water partition coefficient (Wildman–Crippen LogP) is 5.62. The van der Waals surface area contributed by atoms with Crippen LogP contribution in [0.4, 0.5) is 30.5 Å². The molecular weight excluding hydrogens is 645 g/mol. The van der Waals surface area contributed by atoms with Gasteiger partial charge in [0.2, 0.25) is 5.95 Å². The Labute approximate surface area is 287 Å². The Morgan fingerprint density at radius 2 is 1.76 bits per heavy atom. The summed E-state index contributed by atoms with van der Waals surface area (Å²) in [6, 6.07) is 15.3. The van der Waals surface area contributed by atoms with Gasteiger partial charge in [-0.2, -0.15) is 0 Å². The molecule has 1 amide bonds. The van der Waals surface area contributed by atoms with Gasteiger partial charge < -0.3 is 20.4 Å². The number of rotatable bonds is 10. The molecular formula is C37H39F3N8O2. The van der Waals surface area contributed by atoms with Gasteiger partial charge in [0, 0.05) is 55.5 Å². The van der Waals surface area contributed by atoms with Crippen molar-refractivity contribution in [3.63, 3.8) is 0 Å². The number of benzene rings is 3. The van der Waals surface area contributed by atoms with Crippen molar-refractivity contribution in [1.29, 1.82) is 0 Å². The molecule has 0 radical (unpaired) electrons. The Hall–Kier alpha value is -5.43. The summed E-state index contributed by atoms with van der Waals surface area (Å²) in [6.07, 6.45) is 6.81. The molecule has 0 spiro atoms. The minimum atomic E-state index is -1.02. The number of halogens is 3. The first kappa shape index (κ1) is 34.4. The van der Waals surface area contributed by atoms with Crippen LogP contribution in [0.5, 0.6) is 0 Å². The first-order valence-corrected chi connectivity index (χ1v) is 16.4. The van der Waals surface area contributed by atoms with Gasteiger partial charge in [0.1, 0.15) is 11.4 Å². The Kier molecular flexibility index (Phi) is 10.0. The number of anilines is 3. The van der Waals surface area contributed by atoms with Crippen molar-refractivity contribution < 1.29 is 18.0 Å². The largest absolute Gasteiger partial charge is 0.372 e. The molecule has 0 atom stereocenters. The predicted molar refractivity (Wildman–Crippen MR) is 189 cm³/mol. The number of piperidine rings is 1. The fourth-order valence-corrected chi connectivity index (χ4v) is 6.22. The van der Waals surface area contributed by atoms with Crippen molar-refractivity contribution in [2.24, 2.45) is 7.05 Å². The third-order valence-corrected chi connectivity index (χ3v) is 9.37. The first-order valence-electron chi connectivity index (χ1n) is 16.4. The Morgan fingerprint density at radius 1 is 1.02 bits per heavy atom. The lowest BCUT2D eigenvalue weighted by atomic mass is 10.0. The average molecular weight is 685 g/mol. The van der Waals surface area contributed by atoms with Crippen molar-refractivity contribution in [1.82, 2.24) is 29.5 Å². The van der Waals surface area contributed by atoms with Crippen LogP contribution in [0.1, 0.15) is 40.0 Å². The SMILES string of the molecule is Cc1c(C(=O)NC/C=C/c2ccc3nc(Nc4ccc(N(C)C5CCN(C)CC5)cc4)ncc3c2F)c(=O)n(Cc2ccc(F)c(F)c2)n1C. The standard InChI is InChI=1S/C37H39F3N8O2/c1-23-33(36(50)48(47(23)4)22-24-7-13-30(38)31(39)20-24)35(49)41-17-5-6-25-8-14-32-29(34(25)40)21-42-37(44-32)43-26-9-11-27(12-10-26)46(3)28-15-18-45(2)19-16-28/h5-14,20-21,28H,15-19,22H2,1-4H3,(H,41,49)(H,42,43,44)/b6-5+. The highest BCUT2D eigenvalue weighted by Gasteiger charge is 2.22. The van der Waals surface area contributed by atoms with Gasteiger partial charge in [-0.1, -0.05) is 18.2 Å². The quantitative estimate of drug-likeness (QED) is 0.197. The monoisotopic (exact) mass is 684 g/mol. The number of likely N-dealkylation sites (tertiary alicyclic amines) is 1. The molecule has 0 aliphatic carbocycles. The third-order valence-electron chi connectivity index (χ3n) is 9.37. The fourth-order valence-electron chi connectivity index (χ4n) is 6.22. The van der Waals surface area contributed by atoms with Crippen LogP contribution in [0.25, 0.3) is 17.0 Å². The molecule has 2 aromatic heterocycles. The topological polar surface area (TPSA) is 100 Å². The molecule has 0 bridgehead atoms. The highest BCUT2D eigenvalue weighted by Crippen LogP contribution is 2.26. The summed E-state index contributed by atoms with van der Waals surface area (Å²) in [5.74, 6) is -2.77. The van der Waals surface area contributed by atoms with Gasteiger partial charge in [-0.05, 0) is 94.0 Å². The van der Waals surface area contributed by atoms with Crippen LogP contribution in [0.15, 0.2) is 71.7 Å². The number of carbonyl (C=O) groups is 1. The summed E-state index contributed by atoms with van der Waals surface area (Å²) < 4.78 is 45.2. The zero-order valence-corrected chi connectivity index (χ0v) is 28.4. The van der Waals surface area contributed by atoms with E-state index in [9.17, 15) is 18.4 Å². The van der Waals surface area contributed by atoms with E-state index in [4.69, 9.17) is 0 Å². The van der Waals surface area contributed by atoms with Crippen molar-refractivity contribution >= 4 is 40.2 Å². The highest BCUT2D eigenvalue weighted by atomic mass is 19.2. The highest BCUT2D eigenvalue weighted by molar-refractivity contribution is 5.95. The molecule has 1 aliphatic rings. The van der Waals surface area contributed by atoms with Gasteiger partial charge in [0.25, 0.3) is 11.5 Å². The average Bonchev–Trinajstić information content (AvgIpc) is 3.32. The van der Waals surface area contributed by atoms with Gasteiger partial charge in [-0.3, -0.25) is 14.3 Å². The van der Waals surface area contributed by atoms with Crippen LogP contribution >= 0.6 is 0 Å². The second-order valence-electron chi connectivity index (χ2n) is 12.6. The van der Waals surface area contributed by atoms with Crippen LogP contribution in [0.2, 0.25) is 0 Å². The molecule has 10 nitrogen and oxygen atoms in total. The molecule has 0 saturated carbocycles. The van der Waals surface area contributed by atoms with E-state index in [-0.39, 0.29) is 29.6 Å². The lowest BCUT2D eigenvalue weighted by Crippen LogP contribution is -2.41. The lowest BCUT2D eigenvalue weighted by Gasteiger charge is -2.36. The smallest absolute Gasteiger partial charge is 0.280 e. The van der Waals surface area contributed by atoms with Crippen LogP contribution in [0, 0.1) is 24.4 Å². The number of hydrogen-bond acceptors (Lipinski definition) is 7. The zero-order valence-electron chi connectivity index (χ0n) is 28.4. The van der Waals surface area contributed by atoms with E-state index in [0.717, 1.165) is 49.4 Å². The summed E-state index contributed by atoms with van der Waals surface area (Å²) in [4.78, 5) is 39.6. The molecule has 1 fully saturated rings. The minimum absolute atomic E-state index is 0.0270. The van der Waals surface area contributed by atoms with Crippen molar-refractivity contribution in [3.8, 4) is 0 Å². The minimum Gasteiger partial charge on any atom is -0.372 e. The van der Waals surface area contributed by atoms with Gasteiger partial charge in [0.05, 0.1) is 17.4 Å². The molecule has 3 aromatic carbocycles. The molecule has 50 heavy (non-hydrogen) atoms. The molecule has 3 heterocycles. The Bertz CT molecular complexity index is 2120. The Balaban J connectivity index is 1.07. The zero-order chi connectivity index (χ0) is 35.5. The maximum atomic E-state index is 15.4. The van der Waals surface area contributed by atoms with E-state index < -0.39 is 28.9 Å². The fraction of sp³-hybridized carbons (Fsp3) is 0.297. The van der Waals surface area contributed by atoms with Crippen molar-refractivity contribution in [2.75, 3.05) is 43.9 Å². The van der Waals surface area contributed by atoms with Crippen LogP contribution in [-0.2, 0) is 13.6 Å². The number of carbonyl (C=O) groups excluding carboxylic acids is 1. The van der Waals surface area contributed by atoms with Gasteiger partial charge in [-0.25, -0.2) is 27.8 Å². The number of nitrogens with zero attached hydrogens (tertiary/aromatic N) is 6. The number of nitrogens with one attached hydrogen (secondary N) is 2. The van der Waals surface area contributed by atoms with Crippen molar-refractivity contribution in [3.05, 3.63) is 117 Å². The number of fused-ring (bicyclic) bond motifs is 1. The summed E-state index contributed by atoms with van der Waals surface area (Å²) in [6.45, 7) is 3.79. The van der Waals surface area contributed by atoms with E-state index in [1.165, 1.54) is 27.7 Å². The van der Waals surface area contributed by atoms with E-state index in [1.807, 2.05) is 12.1 Å². The summed E-state index contributed by atoms with van der Waals surface area (Å²) >= 11 is 0. The van der Waals surface area contributed by atoms with Gasteiger partial charge in [0.15, 0.2) is 11.6 Å². The Morgan fingerprint density at radius 3 is 2.48 bits per heavy atom. The normalized spacial score (nSPS) is 14.1. The number of hydrogen-bond donors (Lipinski definition) is 2. The number of amides is 1. The van der Waals surface area contributed by atoms with Crippen LogP contribution < -0.4 is 21.1 Å². The molecule has 5 aromatic rings. The van der Waals surface area contributed by atoms with Gasteiger partial charge >= 0.3 is 0 Å². The van der Waals surface area contributed by atoms with Crippen LogP contribution in [0.3, 0.4) is 0 Å².